The van der Waals surface area contributed by atoms with Crippen molar-refractivity contribution in [2.45, 2.75) is 20.8 Å². The minimum absolute atomic E-state index is 0.249. The highest BCUT2D eigenvalue weighted by Gasteiger charge is 2.03. The maximum atomic E-state index is 12.3. The smallest absolute Gasteiger partial charge is 0.160 e. The molecule has 0 aromatic heterocycles. The van der Waals surface area contributed by atoms with Crippen LogP contribution in [0.15, 0.2) is 12.1 Å². The summed E-state index contributed by atoms with van der Waals surface area (Å²) in [4.78, 5) is 0. The molecule has 0 bridgehead atoms. The molecule has 0 fully saturated rings. The van der Waals surface area contributed by atoms with E-state index in [2.05, 4.69) is 0 Å². The summed E-state index contributed by atoms with van der Waals surface area (Å²) in [5.41, 5.74) is 0.542. The van der Waals surface area contributed by atoms with E-state index in [0.29, 0.717) is 5.56 Å². The molecule has 0 heterocycles. The van der Waals surface area contributed by atoms with Crippen LogP contribution in [0, 0.1) is 18.6 Å². The first kappa shape index (κ1) is 11.4. The van der Waals surface area contributed by atoms with E-state index in [-0.39, 0.29) is 5.02 Å². The van der Waals surface area contributed by atoms with Gasteiger partial charge in [0, 0.05) is 5.02 Å². The Morgan fingerprint density at radius 2 is 1.50 bits per heavy atom. The second-order valence-electron chi connectivity index (χ2n) is 2.02. The van der Waals surface area contributed by atoms with Crippen molar-refractivity contribution in [1.29, 1.82) is 0 Å². The number of hydrogen-bond acceptors (Lipinski definition) is 0. The molecule has 3 heteroatoms. The van der Waals surface area contributed by atoms with E-state index in [0.717, 1.165) is 12.1 Å². The zero-order valence-electron chi connectivity index (χ0n) is 7.29. The van der Waals surface area contributed by atoms with Crippen molar-refractivity contribution in [3.63, 3.8) is 0 Å². The second kappa shape index (κ2) is 5.09. The lowest BCUT2D eigenvalue weighted by Gasteiger charge is -1.96. The first-order valence-electron chi connectivity index (χ1n) is 3.72. The average molecular weight is 193 g/mol. The Balaban J connectivity index is 0.000000561. The minimum atomic E-state index is -0.907. The predicted octanol–water partition coefficient (Wildman–Crippen LogP) is 3.95. The van der Waals surface area contributed by atoms with Gasteiger partial charge in [0.1, 0.15) is 0 Å². The quantitative estimate of drug-likeness (QED) is 0.546. The topological polar surface area (TPSA) is 0 Å². The molecule has 0 unspecified atom stereocenters. The van der Waals surface area contributed by atoms with E-state index in [4.69, 9.17) is 11.6 Å². The molecular formula is C9H11ClF2. The molecule has 68 valence electrons. The lowest BCUT2D eigenvalue weighted by molar-refractivity contribution is 0.508. The summed E-state index contributed by atoms with van der Waals surface area (Å²) in [6, 6.07) is 2.03. The maximum absolute atomic E-state index is 12.3. The van der Waals surface area contributed by atoms with Crippen molar-refractivity contribution in [1.82, 2.24) is 0 Å². The molecule has 0 aliphatic rings. The van der Waals surface area contributed by atoms with E-state index in [1.165, 1.54) is 0 Å². The lowest BCUT2D eigenvalue weighted by Crippen LogP contribution is -1.85. The van der Waals surface area contributed by atoms with Gasteiger partial charge in [-0.25, -0.2) is 8.78 Å². The van der Waals surface area contributed by atoms with Crippen LogP contribution in [0.1, 0.15) is 19.4 Å². The number of hydrogen-bond donors (Lipinski definition) is 0. The Kier molecular flexibility index (Phi) is 4.83. The Bertz CT molecular complexity index is 209. The molecule has 12 heavy (non-hydrogen) atoms. The van der Waals surface area contributed by atoms with Gasteiger partial charge in [-0.1, -0.05) is 25.4 Å². The Labute approximate surface area is 76.2 Å². The molecule has 0 N–H and O–H groups in total. The van der Waals surface area contributed by atoms with Gasteiger partial charge in [0.25, 0.3) is 0 Å². The summed E-state index contributed by atoms with van der Waals surface area (Å²) in [6.45, 7) is 5.62. The van der Waals surface area contributed by atoms with Crippen LogP contribution in [0.5, 0.6) is 0 Å². The van der Waals surface area contributed by atoms with Crippen LogP contribution >= 0.6 is 11.6 Å². The fourth-order valence-electron chi connectivity index (χ4n) is 0.622. The molecule has 0 atom stereocenters. The van der Waals surface area contributed by atoms with Gasteiger partial charge in [0.05, 0.1) is 0 Å². The van der Waals surface area contributed by atoms with E-state index in [9.17, 15) is 8.78 Å². The molecule has 0 radical (unpaired) electrons. The summed E-state index contributed by atoms with van der Waals surface area (Å²) in [7, 11) is 0. The van der Waals surface area contributed by atoms with Crippen LogP contribution in [0.2, 0.25) is 5.02 Å². The zero-order valence-corrected chi connectivity index (χ0v) is 8.04. The van der Waals surface area contributed by atoms with E-state index in [1.54, 1.807) is 6.92 Å². The fourth-order valence-corrected chi connectivity index (χ4v) is 0.772. The SMILES string of the molecule is CC.Cc1cc(F)c(F)cc1Cl. The molecule has 0 amide bonds. The monoisotopic (exact) mass is 192 g/mol. The first-order chi connectivity index (χ1) is 5.61. The Hall–Kier alpha value is -0.630. The van der Waals surface area contributed by atoms with Crippen LogP contribution in [0.4, 0.5) is 8.78 Å². The molecule has 0 saturated carbocycles. The van der Waals surface area contributed by atoms with Crippen molar-refractivity contribution in [2.24, 2.45) is 0 Å². The van der Waals surface area contributed by atoms with Gasteiger partial charge in [0.2, 0.25) is 0 Å². The molecule has 1 aromatic rings. The van der Waals surface area contributed by atoms with Crippen molar-refractivity contribution in [3.8, 4) is 0 Å². The van der Waals surface area contributed by atoms with Crippen molar-refractivity contribution >= 4 is 11.6 Å². The fraction of sp³-hybridized carbons (Fsp3) is 0.333. The zero-order chi connectivity index (χ0) is 9.72. The summed E-state index contributed by atoms with van der Waals surface area (Å²) in [5.74, 6) is -1.77. The van der Waals surface area contributed by atoms with Gasteiger partial charge in [-0.3, -0.25) is 0 Å². The van der Waals surface area contributed by atoms with E-state index >= 15 is 0 Å². The number of halogens is 3. The molecular weight excluding hydrogens is 182 g/mol. The van der Waals surface area contributed by atoms with Gasteiger partial charge >= 0.3 is 0 Å². The third kappa shape index (κ3) is 2.78. The van der Waals surface area contributed by atoms with Gasteiger partial charge < -0.3 is 0 Å². The van der Waals surface area contributed by atoms with Crippen molar-refractivity contribution in [2.75, 3.05) is 0 Å². The summed E-state index contributed by atoms with van der Waals surface area (Å²) in [5, 5.41) is 0.249. The summed E-state index contributed by atoms with van der Waals surface area (Å²) in [6.07, 6.45) is 0. The van der Waals surface area contributed by atoms with Crippen LogP contribution < -0.4 is 0 Å². The van der Waals surface area contributed by atoms with Crippen molar-refractivity contribution < 1.29 is 8.78 Å². The highest BCUT2D eigenvalue weighted by atomic mass is 35.5. The predicted molar refractivity (Wildman–Crippen MR) is 47.5 cm³/mol. The van der Waals surface area contributed by atoms with Crippen LogP contribution in [0.25, 0.3) is 0 Å². The molecule has 0 saturated heterocycles. The molecule has 1 aromatic carbocycles. The normalized spacial score (nSPS) is 8.83. The van der Waals surface area contributed by atoms with Crippen LogP contribution in [0.3, 0.4) is 0 Å². The lowest BCUT2D eigenvalue weighted by atomic mass is 10.2. The summed E-state index contributed by atoms with van der Waals surface area (Å²) >= 11 is 5.48. The first-order valence-corrected chi connectivity index (χ1v) is 4.10. The van der Waals surface area contributed by atoms with Gasteiger partial charge in [-0.2, -0.15) is 0 Å². The largest absolute Gasteiger partial charge is 0.204 e. The van der Waals surface area contributed by atoms with E-state index in [1.807, 2.05) is 13.8 Å². The average Bonchev–Trinajstić information content (AvgIpc) is 2.05. The van der Waals surface area contributed by atoms with Gasteiger partial charge in [-0.05, 0) is 24.6 Å². The molecule has 1 rings (SSSR count). The van der Waals surface area contributed by atoms with Gasteiger partial charge in [-0.15, -0.1) is 0 Å². The minimum Gasteiger partial charge on any atom is -0.204 e. The molecule has 0 aliphatic carbocycles. The molecule has 0 spiro atoms. The van der Waals surface area contributed by atoms with E-state index < -0.39 is 11.6 Å². The standard InChI is InChI=1S/C7H5ClF2.C2H6/c1-4-2-6(9)7(10)3-5(4)8;1-2/h2-3H,1H3;1-2H3. The number of aryl methyl sites for hydroxylation is 1. The molecule has 0 nitrogen and oxygen atoms in total. The maximum Gasteiger partial charge on any atom is 0.160 e. The number of rotatable bonds is 0. The molecule has 0 aliphatic heterocycles. The van der Waals surface area contributed by atoms with Crippen LogP contribution in [-0.2, 0) is 0 Å². The van der Waals surface area contributed by atoms with Crippen LogP contribution in [-0.4, -0.2) is 0 Å². The third-order valence-corrected chi connectivity index (χ3v) is 1.61. The second-order valence-corrected chi connectivity index (χ2v) is 2.42. The Morgan fingerprint density at radius 3 is 1.92 bits per heavy atom. The highest BCUT2D eigenvalue weighted by Crippen LogP contribution is 2.18. The highest BCUT2D eigenvalue weighted by molar-refractivity contribution is 6.31. The van der Waals surface area contributed by atoms with Crippen molar-refractivity contribution in [3.05, 3.63) is 34.4 Å². The number of benzene rings is 1. The van der Waals surface area contributed by atoms with Gasteiger partial charge in [0.15, 0.2) is 11.6 Å². The summed E-state index contributed by atoms with van der Waals surface area (Å²) < 4.78 is 24.6. The Morgan fingerprint density at radius 1 is 1.08 bits per heavy atom. The third-order valence-electron chi connectivity index (χ3n) is 1.20.